The minimum Gasteiger partial charge on any atom is -0.489 e. The Morgan fingerprint density at radius 2 is 1.78 bits per heavy atom. The van der Waals surface area contributed by atoms with Crippen LogP contribution >= 0.6 is 0 Å². The summed E-state index contributed by atoms with van der Waals surface area (Å²) in [5.74, 6) is 0.989. The van der Waals surface area contributed by atoms with Gasteiger partial charge in [0, 0.05) is 16.6 Å². The van der Waals surface area contributed by atoms with Crippen LogP contribution in [0.25, 0.3) is 11.3 Å². The number of nitro groups is 1. The second-order valence-corrected chi connectivity index (χ2v) is 8.62. The molecule has 4 aromatic rings. The van der Waals surface area contributed by atoms with E-state index >= 15 is 0 Å². The van der Waals surface area contributed by atoms with Crippen LogP contribution in [0.3, 0.4) is 0 Å². The van der Waals surface area contributed by atoms with E-state index in [0.29, 0.717) is 23.7 Å². The summed E-state index contributed by atoms with van der Waals surface area (Å²) in [6.07, 6.45) is -3.08. The zero-order valence-corrected chi connectivity index (χ0v) is 19.3. The Morgan fingerprint density at radius 1 is 1.11 bits per heavy atom. The summed E-state index contributed by atoms with van der Waals surface area (Å²) in [5.41, 5.74) is -0.176. The van der Waals surface area contributed by atoms with Crippen LogP contribution in [0.15, 0.2) is 65.3 Å². The van der Waals surface area contributed by atoms with Crippen LogP contribution in [0.4, 0.5) is 19.0 Å². The van der Waals surface area contributed by atoms with E-state index in [1.165, 1.54) is 18.3 Å². The molecule has 0 saturated heterocycles. The normalized spacial score (nSPS) is 16.8. The Balaban J connectivity index is 1.14. The first-order chi connectivity index (χ1) is 17.6. The molecular formula is C24H19F3N4O6. The van der Waals surface area contributed by atoms with Gasteiger partial charge in [-0.25, -0.2) is 0 Å². The maximum Gasteiger partial charge on any atom is 0.416 e. The minimum atomic E-state index is -4.41. The largest absolute Gasteiger partial charge is 0.489 e. The number of fused-ring (bicyclic) bond motifs is 1. The number of ether oxygens (including phenoxy) is 3. The number of aromatic nitrogens is 3. The number of hydrogen-bond donors (Lipinski definition) is 0. The van der Waals surface area contributed by atoms with Gasteiger partial charge in [-0.05, 0) is 60.4 Å². The van der Waals surface area contributed by atoms with Crippen molar-refractivity contribution >= 4 is 5.82 Å². The molecule has 13 heteroatoms. The van der Waals surface area contributed by atoms with Crippen molar-refractivity contribution in [1.29, 1.82) is 0 Å². The molecule has 0 N–H and O–H groups in total. The van der Waals surface area contributed by atoms with E-state index in [1.54, 1.807) is 34.9 Å². The molecule has 1 atom stereocenters. The molecule has 10 nitrogen and oxygen atoms in total. The molecule has 0 fully saturated rings. The van der Waals surface area contributed by atoms with Crippen LogP contribution in [0.5, 0.6) is 17.5 Å². The highest BCUT2D eigenvalue weighted by Gasteiger charge is 2.41. The molecule has 192 valence electrons. The Kier molecular flexibility index (Phi) is 5.97. The van der Waals surface area contributed by atoms with Gasteiger partial charge >= 0.3 is 18.0 Å². The lowest BCUT2D eigenvalue weighted by atomic mass is 10.1. The highest BCUT2D eigenvalue weighted by Crippen LogP contribution is 2.32. The molecule has 1 aliphatic rings. The van der Waals surface area contributed by atoms with Gasteiger partial charge in [0.25, 0.3) is 0 Å². The zero-order chi connectivity index (χ0) is 26.2. The Hall–Kier alpha value is -4.55. The van der Waals surface area contributed by atoms with E-state index in [4.69, 9.17) is 18.7 Å². The quantitative estimate of drug-likeness (QED) is 0.230. The predicted molar refractivity (Wildman–Crippen MR) is 121 cm³/mol. The number of halogens is 3. The fraction of sp³-hybridized carbons (Fsp3) is 0.250. The second kappa shape index (κ2) is 9.15. The number of hydrogen-bond acceptors (Lipinski definition) is 8. The first-order valence-corrected chi connectivity index (χ1v) is 11.0. The molecule has 0 unspecified atom stereocenters. The summed E-state index contributed by atoms with van der Waals surface area (Å²) in [5, 5.41) is 14.8. The number of rotatable bonds is 8. The number of benzene rings is 2. The monoisotopic (exact) mass is 516 g/mol. The first kappa shape index (κ1) is 24.2. The Labute approximate surface area is 207 Å². The van der Waals surface area contributed by atoms with Crippen molar-refractivity contribution in [2.24, 2.45) is 0 Å². The van der Waals surface area contributed by atoms with Gasteiger partial charge in [-0.3, -0.25) is 4.57 Å². The van der Waals surface area contributed by atoms with Crippen LogP contribution in [-0.4, -0.2) is 31.8 Å². The minimum absolute atomic E-state index is 0.00119. The van der Waals surface area contributed by atoms with Crippen molar-refractivity contribution in [1.82, 2.24) is 14.7 Å². The maximum absolute atomic E-state index is 12.7. The van der Waals surface area contributed by atoms with Gasteiger partial charge in [0.15, 0.2) is 11.4 Å². The van der Waals surface area contributed by atoms with E-state index in [0.717, 1.165) is 17.7 Å². The molecule has 5 rings (SSSR count). The molecule has 0 saturated carbocycles. The molecule has 0 amide bonds. The molecule has 37 heavy (non-hydrogen) atoms. The SMILES string of the molecule is C[C@]1(COc2ccc(-c3cc(COc4ccc(C(F)(F)F)cc4)on3)cc2)Cn2cc([N+](=O)[O-])nc2O1. The molecule has 0 spiro atoms. The van der Waals surface area contributed by atoms with Crippen LogP contribution in [0.1, 0.15) is 18.2 Å². The van der Waals surface area contributed by atoms with Crippen molar-refractivity contribution in [3.63, 3.8) is 0 Å². The molecule has 0 aliphatic carbocycles. The standard InChI is InChI=1S/C24H19F3N4O6/c1-23(13-30-11-21(31(32)33)28-22(30)36-23)14-35-18-6-2-15(3-7-18)20-10-19(37-29-20)12-34-17-8-4-16(5-9-17)24(25,26)27/h2-11H,12-14H2,1H3/t23-/m1/s1. The molecular weight excluding hydrogens is 497 g/mol. The summed E-state index contributed by atoms with van der Waals surface area (Å²) in [7, 11) is 0. The van der Waals surface area contributed by atoms with Gasteiger partial charge < -0.3 is 28.8 Å². The molecule has 0 radical (unpaired) electrons. The van der Waals surface area contributed by atoms with Crippen LogP contribution < -0.4 is 14.2 Å². The molecule has 2 aromatic heterocycles. The van der Waals surface area contributed by atoms with Crippen LogP contribution in [0.2, 0.25) is 0 Å². The van der Waals surface area contributed by atoms with E-state index in [2.05, 4.69) is 10.1 Å². The van der Waals surface area contributed by atoms with Crippen molar-refractivity contribution in [2.75, 3.05) is 6.61 Å². The summed E-state index contributed by atoms with van der Waals surface area (Å²) >= 11 is 0. The average molecular weight is 516 g/mol. The lowest BCUT2D eigenvalue weighted by Crippen LogP contribution is -2.38. The average Bonchev–Trinajstić information content (AvgIpc) is 3.56. The topological polar surface area (TPSA) is 115 Å². The second-order valence-electron chi connectivity index (χ2n) is 8.62. The molecule has 2 aromatic carbocycles. The summed E-state index contributed by atoms with van der Waals surface area (Å²) in [6, 6.07) is 13.3. The third-order valence-electron chi connectivity index (χ3n) is 5.57. The number of imidazole rings is 1. The fourth-order valence-corrected chi connectivity index (χ4v) is 3.73. The highest BCUT2D eigenvalue weighted by atomic mass is 19.4. The summed E-state index contributed by atoms with van der Waals surface area (Å²) in [4.78, 5) is 14.1. The molecule has 3 heterocycles. The van der Waals surface area contributed by atoms with Gasteiger partial charge in [-0.2, -0.15) is 13.2 Å². The van der Waals surface area contributed by atoms with Gasteiger partial charge in [-0.15, -0.1) is 0 Å². The smallest absolute Gasteiger partial charge is 0.416 e. The fourth-order valence-electron chi connectivity index (χ4n) is 3.73. The zero-order valence-electron chi connectivity index (χ0n) is 19.3. The van der Waals surface area contributed by atoms with E-state index in [9.17, 15) is 23.3 Å². The predicted octanol–water partition coefficient (Wildman–Crippen LogP) is 5.27. The Bertz CT molecular complexity index is 1390. The summed E-state index contributed by atoms with van der Waals surface area (Å²) < 4.78 is 61.9. The van der Waals surface area contributed by atoms with Crippen molar-refractivity contribution in [3.8, 4) is 28.8 Å². The number of alkyl halides is 3. The molecule has 1 aliphatic heterocycles. The van der Waals surface area contributed by atoms with Crippen LogP contribution in [0, 0.1) is 10.1 Å². The van der Waals surface area contributed by atoms with Crippen LogP contribution in [-0.2, 0) is 19.3 Å². The number of nitrogens with zero attached hydrogens (tertiary/aromatic N) is 4. The molecule has 0 bridgehead atoms. The van der Waals surface area contributed by atoms with E-state index < -0.39 is 22.3 Å². The first-order valence-electron chi connectivity index (χ1n) is 11.0. The van der Waals surface area contributed by atoms with Crippen molar-refractivity contribution in [3.05, 3.63) is 82.2 Å². The van der Waals surface area contributed by atoms with Crippen molar-refractivity contribution in [2.45, 2.75) is 31.9 Å². The van der Waals surface area contributed by atoms with Crippen molar-refractivity contribution < 1.29 is 36.8 Å². The highest BCUT2D eigenvalue weighted by molar-refractivity contribution is 5.59. The van der Waals surface area contributed by atoms with E-state index in [1.807, 2.05) is 6.92 Å². The van der Waals surface area contributed by atoms with Gasteiger partial charge in [-0.1, -0.05) is 5.16 Å². The van der Waals surface area contributed by atoms with Gasteiger partial charge in [0.05, 0.1) is 12.1 Å². The third kappa shape index (κ3) is 5.34. The van der Waals surface area contributed by atoms with Gasteiger partial charge in [0.1, 0.15) is 36.6 Å². The maximum atomic E-state index is 12.7. The van der Waals surface area contributed by atoms with E-state index in [-0.39, 0.29) is 30.8 Å². The lowest BCUT2D eigenvalue weighted by molar-refractivity contribution is -0.389. The van der Waals surface area contributed by atoms with Gasteiger partial charge in [0.2, 0.25) is 0 Å². The summed E-state index contributed by atoms with van der Waals surface area (Å²) in [6.45, 7) is 2.38. The lowest BCUT2D eigenvalue weighted by Gasteiger charge is -2.22. The third-order valence-corrected chi connectivity index (χ3v) is 5.57. The Morgan fingerprint density at radius 3 is 2.43 bits per heavy atom.